The largest absolute Gasteiger partial charge is 0.477 e. The molecule has 0 aliphatic carbocycles. The van der Waals surface area contributed by atoms with Gasteiger partial charge in [-0.25, -0.2) is 0 Å². The van der Waals surface area contributed by atoms with E-state index in [1.165, 1.54) is 16.5 Å². The van der Waals surface area contributed by atoms with Crippen molar-refractivity contribution in [2.24, 2.45) is 0 Å². The van der Waals surface area contributed by atoms with Crippen LogP contribution in [0.5, 0.6) is 5.75 Å². The van der Waals surface area contributed by atoms with E-state index in [1.807, 2.05) is 12.1 Å². The number of carbonyl (C=O) groups is 1. The van der Waals surface area contributed by atoms with Crippen molar-refractivity contribution in [2.75, 3.05) is 42.9 Å². The number of hydrogen-bond acceptors (Lipinski definition) is 4. The van der Waals surface area contributed by atoms with Crippen molar-refractivity contribution in [3.8, 4) is 5.75 Å². The number of aromatic nitrogens is 1. The normalized spacial score (nSPS) is 19.4. The molecular weight excluding hydrogens is 376 g/mol. The first kappa shape index (κ1) is 19.0. The fraction of sp³-hybridized carbons (Fsp3) is 0.375. The van der Waals surface area contributed by atoms with Gasteiger partial charge in [0, 0.05) is 43.3 Å². The molecular formula is C24H28N4O2. The molecule has 2 aliphatic heterocycles. The number of hydrogen-bond donors (Lipinski definition) is 2. The van der Waals surface area contributed by atoms with E-state index in [1.54, 1.807) is 6.92 Å². The van der Waals surface area contributed by atoms with Crippen molar-refractivity contribution in [2.45, 2.75) is 25.9 Å². The molecule has 0 radical (unpaired) electrons. The van der Waals surface area contributed by atoms with Crippen LogP contribution in [0.15, 0.2) is 48.7 Å². The van der Waals surface area contributed by atoms with E-state index in [0.717, 1.165) is 62.7 Å². The molecule has 1 fully saturated rings. The van der Waals surface area contributed by atoms with Gasteiger partial charge in [0.25, 0.3) is 5.91 Å². The van der Waals surface area contributed by atoms with Gasteiger partial charge in [-0.3, -0.25) is 9.69 Å². The van der Waals surface area contributed by atoms with Crippen molar-refractivity contribution >= 4 is 28.2 Å². The van der Waals surface area contributed by atoms with Crippen molar-refractivity contribution in [1.82, 2.24) is 9.88 Å². The molecule has 3 heterocycles. The lowest BCUT2D eigenvalue weighted by Crippen LogP contribution is -2.47. The van der Waals surface area contributed by atoms with E-state index < -0.39 is 6.10 Å². The molecule has 2 N–H and O–H groups in total. The molecule has 5 rings (SSSR count). The molecule has 2 aromatic carbocycles. The van der Waals surface area contributed by atoms with E-state index in [0.29, 0.717) is 0 Å². The predicted octanol–water partition coefficient (Wildman–Crippen LogP) is 3.64. The zero-order valence-corrected chi connectivity index (χ0v) is 17.4. The number of rotatable bonds is 5. The second-order valence-corrected chi connectivity index (χ2v) is 8.19. The molecule has 3 aromatic rings. The van der Waals surface area contributed by atoms with Crippen LogP contribution in [0.3, 0.4) is 0 Å². The number of nitrogens with zero attached hydrogens (tertiary/aromatic N) is 2. The Kier molecular flexibility index (Phi) is 5.09. The quantitative estimate of drug-likeness (QED) is 0.682. The second-order valence-electron chi connectivity index (χ2n) is 8.19. The number of para-hydroxylation sites is 2. The Labute approximate surface area is 176 Å². The lowest BCUT2D eigenvalue weighted by Gasteiger charge is -2.38. The van der Waals surface area contributed by atoms with Crippen LogP contribution in [0.4, 0.5) is 11.4 Å². The first-order valence-electron chi connectivity index (χ1n) is 10.8. The molecule has 2 aliphatic rings. The number of piperazine rings is 1. The maximum absolute atomic E-state index is 11.9. The van der Waals surface area contributed by atoms with Crippen LogP contribution in [-0.4, -0.2) is 54.6 Å². The summed E-state index contributed by atoms with van der Waals surface area (Å²) in [6.07, 6.45) is 3.96. The molecule has 0 bridgehead atoms. The topological polar surface area (TPSA) is 60.6 Å². The summed E-state index contributed by atoms with van der Waals surface area (Å²) >= 11 is 0. The number of benzene rings is 2. The number of ether oxygens (including phenoxy) is 1. The molecule has 1 aromatic heterocycles. The number of anilines is 2. The Hall–Kier alpha value is -2.99. The van der Waals surface area contributed by atoms with E-state index >= 15 is 0 Å². The van der Waals surface area contributed by atoms with Crippen LogP contribution >= 0.6 is 0 Å². The van der Waals surface area contributed by atoms with E-state index in [-0.39, 0.29) is 5.91 Å². The number of fused-ring (bicyclic) bond motifs is 2. The molecule has 156 valence electrons. The SMILES string of the molecule is CC1Oc2c(cccc2N2CCN(CCCc3c[nH]c4ccccc34)CC2)NC1=O. The minimum Gasteiger partial charge on any atom is -0.477 e. The summed E-state index contributed by atoms with van der Waals surface area (Å²) in [5, 5.41) is 4.29. The lowest BCUT2D eigenvalue weighted by molar-refractivity contribution is -0.122. The van der Waals surface area contributed by atoms with Crippen molar-refractivity contribution < 1.29 is 9.53 Å². The minimum absolute atomic E-state index is 0.0836. The number of H-pyrrole nitrogens is 1. The van der Waals surface area contributed by atoms with Gasteiger partial charge in [-0.05, 0) is 50.1 Å². The average Bonchev–Trinajstić information content (AvgIpc) is 3.18. The van der Waals surface area contributed by atoms with Gasteiger partial charge < -0.3 is 19.9 Å². The number of carbonyl (C=O) groups excluding carboxylic acids is 1. The fourth-order valence-corrected chi connectivity index (χ4v) is 4.50. The maximum Gasteiger partial charge on any atom is 0.265 e. The van der Waals surface area contributed by atoms with Gasteiger partial charge in [-0.2, -0.15) is 0 Å². The van der Waals surface area contributed by atoms with Gasteiger partial charge >= 0.3 is 0 Å². The van der Waals surface area contributed by atoms with Gasteiger partial charge in [0.2, 0.25) is 0 Å². The number of nitrogens with one attached hydrogen (secondary N) is 2. The maximum atomic E-state index is 11.9. The van der Waals surface area contributed by atoms with Crippen LogP contribution < -0.4 is 15.0 Å². The lowest BCUT2D eigenvalue weighted by atomic mass is 10.1. The third-order valence-corrected chi connectivity index (χ3v) is 6.22. The van der Waals surface area contributed by atoms with Gasteiger partial charge in [0.15, 0.2) is 11.9 Å². The minimum atomic E-state index is -0.454. The number of aromatic amines is 1. The third kappa shape index (κ3) is 3.63. The zero-order valence-electron chi connectivity index (χ0n) is 17.4. The summed E-state index contributed by atoms with van der Waals surface area (Å²) < 4.78 is 5.93. The first-order chi connectivity index (χ1) is 14.7. The standard InChI is InChI=1S/C24H28N4O2/c1-17-24(29)26-21-9-4-10-22(23(21)30-17)28-14-12-27(13-15-28)11-5-6-18-16-25-20-8-3-2-7-19(18)20/h2-4,7-10,16-17,25H,5-6,11-15H2,1H3,(H,26,29). The summed E-state index contributed by atoms with van der Waals surface area (Å²) in [7, 11) is 0. The van der Waals surface area contributed by atoms with E-state index in [2.05, 4.69) is 56.6 Å². The molecule has 1 atom stereocenters. The summed E-state index contributed by atoms with van der Waals surface area (Å²) in [4.78, 5) is 20.2. The molecule has 30 heavy (non-hydrogen) atoms. The van der Waals surface area contributed by atoms with Crippen molar-refractivity contribution in [1.29, 1.82) is 0 Å². The Morgan fingerprint density at radius 1 is 1.07 bits per heavy atom. The van der Waals surface area contributed by atoms with Gasteiger partial charge in [-0.1, -0.05) is 24.3 Å². The molecule has 1 saturated heterocycles. The third-order valence-electron chi connectivity index (χ3n) is 6.22. The van der Waals surface area contributed by atoms with E-state index in [4.69, 9.17) is 4.74 Å². The van der Waals surface area contributed by atoms with Crippen LogP contribution in [-0.2, 0) is 11.2 Å². The van der Waals surface area contributed by atoms with Crippen LogP contribution in [0.1, 0.15) is 18.9 Å². The van der Waals surface area contributed by atoms with Crippen LogP contribution in [0.25, 0.3) is 10.9 Å². The zero-order chi connectivity index (χ0) is 20.5. The molecule has 6 heteroatoms. The summed E-state index contributed by atoms with van der Waals surface area (Å²) in [6.45, 7) is 6.92. The number of aryl methyl sites for hydroxylation is 1. The van der Waals surface area contributed by atoms with E-state index in [9.17, 15) is 4.79 Å². The molecule has 0 spiro atoms. The Morgan fingerprint density at radius 3 is 2.77 bits per heavy atom. The Morgan fingerprint density at radius 2 is 1.90 bits per heavy atom. The average molecular weight is 405 g/mol. The molecule has 1 amide bonds. The monoisotopic (exact) mass is 404 g/mol. The van der Waals surface area contributed by atoms with Crippen LogP contribution in [0, 0.1) is 0 Å². The summed E-state index contributed by atoms with van der Waals surface area (Å²) in [6, 6.07) is 14.5. The Bertz CT molecular complexity index is 1050. The Balaban J connectivity index is 1.16. The second kappa shape index (κ2) is 8.03. The smallest absolute Gasteiger partial charge is 0.265 e. The summed E-state index contributed by atoms with van der Waals surface area (Å²) in [5.74, 6) is 0.719. The van der Waals surface area contributed by atoms with Crippen molar-refractivity contribution in [3.05, 3.63) is 54.2 Å². The van der Waals surface area contributed by atoms with Gasteiger partial charge in [0.1, 0.15) is 0 Å². The highest BCUT2D eigenvalue weighted by atomic mass is 16.5. The van der Waals surface area contributed by atoms with Gasteiger partial charge in [-0.15, -0.1) is 0 Å². The molecule has 6 nitrogen and oxygen atoms in total. The highest BCUT2D eigenvalue weighted by molar-refractivity contribution is 5.99. The first-order valence-corrected chi connectivity index (χ1v) is 10.8. The number of amides is 1. The predicted molar refractivity (Wildman–Crippen MR) is 120 cm³/mol. The van der Waals surface area contributed by atoms with Crippen molar-refractivity contribution in [3.63, 3.8) is 0 Å². The highest BCUT2D eigenvalue weighted by Gasteiger charge is 2.28. The van der Waals surface area contributed by atoms with Gasteiger partial charge in [0.05, 0.1) is 11.4 Å². The molecule has 1 unspecified atom stereocenters. The molecule has 0 saturated carbocycles. The highest BCUT2D eigenvalue weighted by Crippen LogP contribution is 2.39. The summed E-state index contributed by atoms with van der Waals surface area (Å²) in [5.41, 5.74) is 4.49. The van der Waals surface area contributed by atoms with Crippen LogP contribution in [0.2, 0.25) is 0 Å². The fourth-order valence-electron chi connectivity index (χ4n) is 4.50.